The van der Waals surface area contributed by atoms with Crippen LogP contribution in [0.3, 0.4) is 0 Å². The van der Waals surface area contributed by atoms with Gasteiger partial charge in [-0.05, 0) is 34.7 Å². The second-order valence-electron chi connectivity index (χ2n) is 6.23. The van der Waals surface area contributed by atoms with Crippen LogP contribution in [0.15, 0.2) is 41.1 Å². The van der Waals surface area contributed by atoms with E-state index in [2.05, 4.69) is 46.8 Å². The quantitative estimate of drug-likeness (QED) is 0.777. The number of halogens is 1. The summed E-state index contributed by atoms with van der Waals surface area (Å²) in [5.41, 5.74) is 0.732. The van der Waals surface area contributed by atoms with E-state index in [1.807, 2.05) is 18.2 Å². The second kappa shape index (κ2) is 6.45. The van der Waals surface area contributed by atoms with Crippen LogP contribution < -0.4 is 5.32 Å². The molecule has 7 nitrogen and oxygen atoms in total. The molecular weight excluding hydrogens is 328 g/mol. The van der Waals surface area contributed by atoms with Crippen molar-refractivity contribution in [1.29, 1.82) is 0 Å². The average molecular weight is 345 g/mol. The van der Waals surface area contributed by atoms with Gasteiger partial charge in [0, 0.05) is 28.8 Å². The molecule has 0 radical (unpaired) electrons. The van der Waals surface area contributed by atoms with Crippen molar-refractivity contribution in [3.63, 3.8) is 0 Å². The van der Waals surface area contributed by atoms with Crippen molar-refractivity contribution in [2.45, 2.75) is 26.2 Å². The number of rotatable bonds is 4. The lowest BCUT2D eigenvalue weighted by molar-refractivity contribution is 0.331. The number of hydrogen-bond donors (Lipinski definition) is 1. The van der Waals surface area contributed by atoms with Gasteiger partial charge >= 0.3 is 0 Å². The topological polar surface area (TPSA) is 81.7 Å². The van der Waals surface area contributed by atoms with Crippen molar-refractivity contribution in [3.05, 3.63) is 53.1 Å². The van der Waals surface area contributed by atoms with E-state index in [0.29, 0.717) is 16.7 Å². The first kappa shape index (κ1) is 16.2. The van der Waals surface area contributed by atoms with Gasteiger partial charge in [0.1, 0.15) is 5.76 Å². The van der Waals surface area contributed by atoms with Crippen molar-refractivity contribution < 1.29 is 4.52 Å². The van der Waals surface area contributed by atoms with E-state index >= 15 is 0 Å². The van der Waals surface area contributed by atoms with Crippen LogP contribution in [0.4, 0.5) is 5.82 Å². The molecule has 0 saturated carbocycles. The van der Waals surface area contributed by atoms with Gasteiger partial charge < -0.3 is 9.84 Å². The highest BCUT2D eigenvalue weighted by molar-refractivity contribution is 6.30. The normalized spacial score (nSPS) is 12.0. The molecule has 0 bridgehead atoms. The molecule has 3 rings (SSSR count). The number of benzene rings is 1. The van der Waals surface area contributed by atoms with Crippen LogP contribution >= 0.6 is 11.6 Å². The molecule has 0 aliphatic heterocycles. The summed E-state index contributed by atoms with van der Waals surface area (Å²) in [4.78, 5) is 0. The molecule has 0 amide bonds. The van der Waals surface area contributed by atoms with E-state index in [4.69, 9.17) is 16.1 Å². The minimum absolute atomic E-state index is 0.0880. The van der Waals surface area contributed by atoms with E-state index in [1.165, 1.54) is 0 Å². The second-order valence-corrected chi connectivity index (χ2v) is 6.67. The number of nitrogens with zero attached hydrogens (tertiary/aromatic N) is 5. The molecule has 2 aromatic heterocycles. The molecule has 0 fully saturated rings. The Kier molecular flexibility index (Phi) is 4.35. The summed E-state index contributed by atoms with van der Waals surface area (Å²) in [7, 11) is 0. The van der Waals surface area contributed by atoms with Crippen molar-refractivity contribution in [2.24, 2.45) is 0 Å². The maximum Gasteiger partial charge on any atom is 0.181 e. The maximum absolute atomic E-state index is 5.90. The predicted octanol–water partition coefficient (Wildman–Crippen LogP) is 3.68. The highest BCUT2D eigenvalue weighted by atomic mass is 35.5. The summed E-state index contributed by atoms with van der Waals surface area (Å²) in [5, 5.41) is 19.4. The predicted molar refractivity (Wildman–Crippen MR) is 92.0 cm³/mol. The summed E-state index contributed by atoms with van der Waals surface area (Å²) in [5.74, 6) is 2.01. The number of hydrogen-bond acceptors (Lipinski definition) is 6. The van der Waals surface area contributed by atoms with Crippen LogP contribution in [0.2, 0.25) is 5.02 Å². The van der Waals surface area contributed by atoms with Crippen LogP contribution in [0.1, 0.15) is 32.4 Å². The van der Waals surface area contributed by atoms with Gasteiger partial charge in [0.05, 0.1) is 5.69 Å². The Morgan fingerprint density at radius 3 is 2.62 bits per heavy atom. The number of tetrazole rings is 1. The Hall–Kier alpha value is -2.67. The van der Waals surface area contributed by atoms with E-state index < -0.39 is 0 Å². The van der Waals surface area contributed by atoms with Crippen molar-refractivity contribution in [3.8, 4) is 5.69 Å². The third-order valence-electron chi connectivity index (χ3n) is 3.28. The van der Waals surface area contributed by atoms with Gasteiger partial charge in [-0.3, -0.25) is 0 Å². The van der Waals surface area contributed by atoms with Gasteiger partial charge in [0.25, 0.3) is 0 Å². The molecule has 24 heavy (non-hydrogen) atoms. The number of aromatic nitrogens is 5. The van der Waals surface area contributed by atoms with Crippen LogP contribution in [0, 0.1) is 0 Å². The largest absolute Gasteiger partial charge is 0.359 e. The van der Waals surface area contributed by atoms with E-state index in [1.54, 1.807) is 29.1 Å². The average Bonchev–Trinajstić information content (AvgIpc) is 3.17. The monoisotopic (exact) mass is 344 g/mol. The highest BCUT2D eigenvalue weighted by Gasteiger charge is 2.19. The van der Waals surface area contributed by atoms with Gasteiger partial charge in [-0.2, -0.15) is 4.68 Å². The fourth-order valence-corrected chi connectivity index (χ4v) is 2.09. The lowest BCUT2D eigenvalue weighted by Crippen LogP contribution is -2.09. The lowest BCUT2D eigenvalue weighted by atomic mass is 9.93. The first-order valence-electron chi connectivity index (χ1n) is 7.38. The Bertz CT molecular complexity index is 844. The van der Waals surface area contributed by atoms with Gasteiger partial charge in [0.15, 0.2) is 11.6 Å². The number of nitrogens with one attached hydrogen (secondary N) is 1. The summed E-state index contributed by atoms with van der Waals surface area (Å²) < 4.78 is 6.93. The summed E-state index contributed by atoms with van der Waals surface area (Å²) in [6, 6.07) is 9.13. The molecule has 0 atom stereocenters. The zero-order chi connectivity index (χ0) is 17.2. The standard InChI is InChI=1S/C16H17ClN6O/c1-16(2,3)13-10-14(20-24-13)18-9-8-15-19-21-22-23(15)12-6-4-11(17)5-7-12/h4-10H,1-3H3,(H,18,20)/b9-8+. The molecule has 0 saturated heterocycles. The fraction of sp³-hybridized carbons (Fsp3) is 0.250. The third-order valence-corrected chi connectivity index (χ3v) is 3.53. The van der Waals surface area contributed by atoms with Crippen LogP contribution in [-0.4, -0.2) is 25.4 Å². The molecule has 0 aliphatic rings. The van der Waals surface area contributed by atoms with Crippen LogP contribution in [-0.2, 0) is 5.41 Å². The third kappa shape index (κ3) is 3.62. The minimum atomic E-state index is -0.0880. The molecule has 1 aromatic carbocycles. The molecule has 1 N–H and O–H groups in total. The summed E-state index contributed by atoms with van der Waals surface area (Å²) in [6.07, 6.45) is 3.46. The van der Waals surface area contributed by atoms with Crippen LogP contribution in [0.25, 0.3) is 11.8 Å². The molecule has 0 unspecified atom stereocenters. The van der Waals surface area contributed by atoms with Crippen molar-refractivity contribution >= 4 is 23.5 Å². The molecule has 0 spiro atoms. The smallest absolute Gasteiger partial charge is 0.181 e. The highest BCUT2D eigenvalue weighted by Crippen LogP contribution is 2.24. The van der Waals surface area contributed by atoms with E-state index in [0.717, 1.165) is 11.4 Å². The first-order valence-corrected chi connectivity index (χ1v) is 7.76. The summed E-state index contributed by atoms with van der Waals surface area (Å²) >= 11 is 5.90. The van der Waals surface area contributed by atoms with E-state index in [-0.39, 0.29) is 5.41 Å². The van der Waals surface area contributed by atoms with Gasteiger partial charge in [-0.1, -0.05) is 37.5 Å². The van der Waals surface area contributed by atoms with E-state index in [9.17, 15) is 0 Å². The maximum atomic E-state index is 5.90. The molecule has 2 heterocycles. The lowest BCUT2D eigenvalue weighted by Gasteiger charge is -2.11. The Balaban J connectivity index is 1.73. The van der Waals surface area contributed by atoms with Crippen molar-refractivity contribution in [2.75, 3.05) is 5.32 Å². The van der Waals surface area contributed by atoms with Gasteiger partial charge in [-0.25, -0.2) is 0 Å². The van der Waals surface area contributed by atoms with Gasteiger partial charge in [-0.15, -0.1) is 5.10 Å². The first-order chi connectivity index (χ1) is 11.4. The SMILES string of the molecule is CC(C)(C)c1cc(N/C=C/c2nnnn2-c2ccc(Cl)cc2)no1. The molecule has 124 valence electrons. The van der Waals surface area contributed by atoms with Crippen LogP contribution in [0.5, 0.6) is 0 Å². The fourth-order valence-electron chi connectivity index (χ4n) is 1.96. The zero-order valence-corrected chi connectivity index (χ0v) is 14.3. The minimum Gasteiger partial charge on any atom is -0.359 e. The molecule has 3 aromatic rings. The van der Waals surface area contributed by atoms with Crippen molar-refractivity contribution in [1.82, 2.24) is 25.4 Å². The molecule has 0 aliphatic carbocycles. The van der Waals surface area contributed by atoms with Gasteiger partial charge in [0.2, 0.25) is 0 Å². The Morgan fingerprint density at radius 2 is 1.96 bits per heavy atom. The number of anilines is 1. The molecular formula is C16H17ClN6O. The molecule has 8 heteroatoms. The summed E-state index contributed by atoms with van der Waals surface area (Å²) in [6.45, 7) is 6.19. The Morgan fingerprint density at radius 1 is 1.21 bits per heavy atom. The zero-order valence-electron chi connectivity index (χ0n) is 13.6. The Labute approximate surface area is 144 Å².